The molecule has 100 valence electrons. The molecule has 0 atom stereocenters. The summed E-state index contributed by atoms with van der Waals surface area (Å²) >= 11 is 0. The topological polar surface area (TPSA) is 50.9 Å². The third-order valence-electron chi connectivity index (χ3n) is 3.39. The number of rotatable bonds is 3. The van der Waals surface area contributed by atoms with Crippen molar-refractivity contribution in [3.8, 4) is 0 Å². The molecule has 0 spiro atoms. The van der Waals surface area contributed by atoms with Crippen LogP contribution in [0.2, 0.25) is 0 Å². The van der Waals surface area contributed by atoms with Crippen molar-refractivity contribution in [1.29, 1.82) is 0 Å². The Labute approximate surface area is 118 Å². The lowest BCUT2D eigenvalue weighted by molar-refractivity contribution is 1.15. The molecule has 1 aromatic heterocycles. The summed E-state index contributed by atoms with van der Waals surface area (Å²) < 4.78 is 0. The van der Waals surface area contributed by atoms with Crippen LogP contribution >= 0.6 is 0 Å². The van der Waals surface area contributed by atoms with Crippen molar-refractivity contribution in [1.82, 2.24) is 4.98 Å². The maximum absolute atomic E-state index is 5.99. The van der Waals surface area contributed by atoms with Crippen molar-refractivity contribution in [2.75, 3.05) is 11.1 Å². The Bertz CT molecular complexity index is 745. The van der Waals surface area contributed by atoms with Gasteiger partial charge >= 0.3 is 0 Å². The van der Waals surface area contributed by atoms with Crippen LogP contribution in [0.4, 0.5) is 11.4 Å². The Morgan fingerprint density at radius 3 is 2.85 bits per heavy atom. The zero-order chi connectivity index (χ0) is 13.9. The number of benzene rings is 2. The number of nitrogens with two attached hydrogens (primary N) is 1. The maximum atomic E-state index is 5.99. The molecule has 3 nitrogen and oxygen atoms in total. The van der Waals surface area contributed by atoms with Gasteiger partial charge in [-0.15, -0.1) is 0 Å². The standard InChI is InChI=1S/C17H17N3/c1-12-7-8-15(18)16(10-12)20-11-14-5-2-4-13-6-3-9-19-17(13)14/h2-10,20H,11,18H2,1H3. The minimum absolute atomic E-state index is 0.710. The first-order valence-electron chi connectivity index (χ1n) is 6.66. The predicted octanol–water partition coefficient (Wildman–Crippen LogP) is 3.74. The number of nitrogens with zero attached hydrogens (tertiary/aromatic N) is 1. The number of hydrogen-bond acceptors (Lipinski definition) is 3. The molecule has 0 aliphatic rings. The van der Waals surface area contributed by atoms with E-state index in [1.165, 1.54) is 11.1 Å². The molecule has 20 heavy (non-hydrogen) atoms. The van der Waals surface area contributed by atoms with Crippen LogP contribution in [0.15, 0.2) is 54.7 Å². The minimum Gasteiger partial charge on any atom is -0.397 e. The number of hydrogen-bond donors (Lipinski definition) is 2. The molecule has 0 amide bonds. The molecule has 0 saturated heterocycles. The average Bonchev–Trinajstić information content (AvgIpc) is 2.48. The lowest BCUT2D eigenvalue weighted by Gasteiger charge is -2.11. The smallest absolute Gasteiger partial charge is 0.0751 e. The molecule has 2 aromatic carbocycles. The van der Waals surface area contributed by atoms with Crippen LogP contribution in [0.5, 0.6) is 0 Å². The van der Waals surface area contributed by atoms with E-state index in [0.717, 1.165) is 22.3 Å². The molecule has 3 aromatic rings. The Kier molecular flexibility index (Phi) is 3.25. The number of nitrogens with one attached hydrogen (secondary N) is 1. The van der Waals surface area contributed by atoms with E-state index < -0.39 is 0 Å². The second kappa shape index (κ2) is 5.21. The van der Waals surface area contributed by atoms with E-state index in [-0.39, 0.29) is 0 Å². The van der Waals surface area contributed by atoms with E-state index in [1.807, 2.05) is 24.4 Å². The van der Waals surface area contributed by atoms with Crippen molar-refractivity contribution in [2.45, 2.75) is 13.5 Å². The SMILES string of the molecule is Cc1ccc(N)c(NCc2cccc3cccnc23)c1. The molecule has 0 aliphatic carbocycles. The third-order valence-corrected chi connectivity index (χ3v) is 3.39. The molecule has 0 bridgehead atoms. The van der Waals surface area contributed by atoms with Gasteiger partial charge in [-0.05, 0) is 36.2 Å². The van der Waals surface area contributed by atoms with E-state index in [9.17, 15) is 0 Å². The number of aryl methyl sites for hydroxylation is 1. The van der Waals surface area contributed by atoms with Gasteiger partial charge in [0.25, 0.3) is 0 Å². The number of anilines is 2. The van der Waals surface area contributed by atoms with Crippen molar-refractivity contribution in [3.05, 3.63) is 65.9 Å². The summed E-state index contributed by atoms with van der Waals surface area (Å²) in [5.41, 5.74) is 11.1. The zero-order valence-electron chi connectivity index (χ0n) is 11.4. The van der Waals surface area contributed by atoms with Gasteiger partial charge < -0.3 is 11.1 Å². The van der Waals surface area contributed by atoms with Crippen molar-refractivity contribution < 1.29 is 0 Å². The number of para-hydroxylation sites is 1. The Morgan fingerprint density at radius 1 is 1.10 bits per heavy atom. The van der Waals surface area contributed by atoms with Gasteiger partial charge in [0.05, 0.1) is 16.9 Å². The van der Waals surface area contributed by atoms with Crippen molar-refractivity contribution in [2.24, 2.45) is 0 Å². The molecule has 0 saturated carbocycles. The van der Waals surface area contributed by atoms with Gasteiger partial charge in [0.2, 0.25) is 0 Å². The van der Waals surface area contributed by atoms with E-state index in [4.69, 9.17) is 5.73 Å². The van der Waals surface area contributed by atoms with Crippen LogP contribution in [-0.4, -0.2) is 4.98 Å². The molecule has 0 fully saturated rings. The van der Waals surface area contributed by atoms with Crippen LogP contribution in [0.3, 0.4) is 0 Å². The zero-order valence-corrected chi connectivity index (χ0v) is 11.4. The normalized spacial score (nSPS) is 10.7. The van der Waals surface area contributed by atoms with E-state index in [1.54, 1.807) is 0 Å². The fourth-order valence-electron chi connectivity index (χ4n) is 2.32. The first kappa shape index (κ1) is 12.5. The largest absolute Gasteiger partial charge is 0.397 e. The Morgan fingerprint density at radius 2 is 1.95 bits per heavy atom. The Hall–Kier alpha value is -2.55. The fraction of sp³-hybridized carbons (Fsp3) is 0.118. The fourth-order valence-corrected chi connectivity index (χ4v) is 2.32. The highest BCUT2D eigenvalue weighted by atomic mass is 14.9. The minimum atomic E-state index is 0.710. The maximum Gasteiger partial charge on any atom is 0.0751 e. The summed E-state index contributed by atoms with van der Waals surface area (Å²) in [6.07, 6.45) is 1.83. The van der Waals surface area contributed by atoms with Crippen LogP contribution < -0.4 is 11.1 Å². The van der Waals surface area contributed by atoms with Crippen molar-refractivity contribution in [3.63, 3.8) is 0 Å². The highest BCUT2D eigenvalue weighted by molar-refractivity contribution is 5.82. The van der Waals surface area contributed by atoms with Gasteiger partial charge in [-0.3, -0.25) is 4.98 Å². The molecule has 0 radical (unpaired) electrons. The number of pyridine rings is 1. The second-order valence-electron chi connectivity index (χ2n) is 4.94. The monoisotopic (exact) mass is 263 g/mol. The number of fused-ring (bicyclic) bond motifs is 1. The van der Waals surface area contributed by atoms with Crippen LogP contribution in [0, 0.1) is 6.92 Å². The van der Waals surface area contributed by atoms with E-state index >= 15 is 0 Å². The average molecular weight is 263 g/mol. The van der Waals surface area contributed by atoms with Gasteiger partial charge in [-0.25, -0.2) is 0 Å². The quantitative estimate of drug-likeness (QED) is 0.708. The highest BCUT2D eigenvalue weighted by Crippen LogP contribution is 2.22. The summed E-state index contributed by atoms with van der Waals surface area (Å²) in [7, 11) is 0. The molecule has 0 unspecified atom stereocenters. The molecule has 3 heteroatoms. The van der Waals surface area contributed by atoms with Crippen LogP contribution in [0.1, 0.15) is 11.1 Å². The van der Waals surface area contributed by atoms with Gasteiger partial charge in [-0.1, -0.05) is 30.3 Å². The first-order valence-corrected chi connectivity index (χ1v) is 6.66. The first-order chi connectivity index (χ1) is 9.74. The molecule has 1 heterocycles. The van der Waals surface area contributed by atoms with Crippen LogP contribution in [-0.2, 0) is 6.54 Å². The molecule has 0 aliphatic heterocycles. The van der Waals surface area contributed by atoms with Gasteiger partial charge in [-0.2, -0.15) is 0 Å². The van der Waals surface area contributed by atoms with Gasteiger partial charge in [0.15, 0.2) is 0 Å². The summed E-state index contributed by atoms with van der Waals surface area (Å²) in [6, 6.07) is 16.3. The van der Waals surface area contributed by atoms with E-state index in [0.29, 0.717) is 6.54 Å². The lowest BCUT2D eigenvalue weighted by atomic mass is 10.1. The number of aromatic nitrogens is 1. The molecule has 3 rings (SSSR count). The number of nitrogen functional groups attached to an aromatic ring is 1. The third kappa shape index (κ3) is 2.43. The Balaban J connectivity index is 1.89. The summed E-state index contributed by atoms with van der Waals surface area (Å²) in [5.74, 6) is 0. The summed E-state index contributed by atoms with van der Waals surface area (Å²) in [4.78, 5) is 4.46. The summed E-state index contributed by atoms with van der Waals surface area (Å²) in [5, 5.41) is 4.55. The van der Waals surface area contributed by atoms with Crippen LogP contribution in [0.25, 0.3) is 10.9 Å². The van der Waals surface area contributed by atoms with Crippen molar-refractivity contribution >= 4 is 22.3 Å². The molecular formula is C17H17N3. The van der Waals surface area contributed by atoms with Gasteiger partial charge in [0.1, 0.15) is 0 Å². The highest BCUT2D eigenvalue weighted by Gasteiger charge is 2.03. The van der Waals surface area contributed by atoms with E-state index in [2.05, 4.69) is 47.6 Å². The lowest BCUT2D eigenvalue weighted by Crippen LogP contribution is -2.03. The second-order valence-corrected chi connectivity index (χ2v) is 4.94. The molecular weight excluding hydrogens is 246 g/mol. The molecule has 3 N–H and O–H groups in total. The van der Waals surface area contributed by atoms with Gasteiger partial charge in [0, 0.05) is 18.1 Å². The summed E-state index contributed by atoms with van der Waals surface area (Å²) in [6.45, 7) is 2.77. The predicted molar refractivity (Wildman–Crippen MR) is 84.7 cm³/mol.